The molecular weight excluding hydrogens is 300 g/mol. The smallest absolute Gasteiger partial charge is 0.227 e. The maximum absolute atomic E-state index is 5.49. The Morgan fingerprint density at radius 2 is 1.54 bits per heavy atom. The fraction of sp³-hybridized carbons (Fsp3) is 0.474. The SMILES string of the molecule is c1ccc(-c2cc(N3CCOCC3)nc(N3CCCCC3)n2)cc1. The molecule has 2 aromatic rings. The lowest BCUT2D eigenvalue weighted by molar-refractivity contribution is 0.122. The van der Waals surface area contributed by atoms with Crippen molar-refractivity contribution in [2.45, 2.75) is 19.3 Å². The number of nitrogens with zero attached hydrogens (tertiary/aromatic N) is 4. The Morgan fingerprint density at radius 3 is 2.29 bits per heavy atom. The molecule has 0 aliphatic carbocycles. The molecule has 24 heavy (non-hydrogen) atoms. The van der Waals surface area contributed by atoms with Crippen molar-refractivity contribution in [2.24, 2.45) is 0 Å². The molecule has 0 N–H and O–H groups in total. The predicted octanol–water partition coefficient (Wildman–Crippen LogP) is 2.97. The van der Waals surface area contributed by atoms with Crippen molar-refractivity contribution in [1.82, 2.24) is 9.97 Å². The summed E-state index contributed by atoms with van der Waals surface area (Å²) < 4.78 is 5.49. The molecule has 0 radical (unpaired) electrons. The molecule has 126 valence electrons. The van der Waals surface area contributed by atoms with Crippen molar-refractivity contribution in [2.75, 3.05) is 49.2 Å². The predicted molar refractivity (Wildman–Crippen MR) is 96.6 cm³/mol. The summed E-state index contributed by atoms with van der Waals surface area (Å²) in [7, 11) is 0. The molecule has 1 aromatic heterocycles. The molecule has 2 aliphatic heterocycles. The second-order valence-corrected chi connectivity index (χ2v) is 6.42. The molecule has 5 heteroatoms. The number of morpholine rings is 1. The quantitative estimate of drug-likeness (QED) is 0.868. The largest absolute Gasteiger partial charge is 0.378 e. The molecule has 0 saturated carbocycles. The number of piperidine rings is 1. The van der Waals surface area contributed by atoms with Crippen LogP contribution in [0.15, 0.2) is 36.4 Å². The third kappa shape index (κ3) is 3.36. The van der Waals surface area contributed by atoms with Gasteiger partial charge in [-0.1, -0.05) is 30.3 Å². The Morgan fingerprint density at radius 1 is 0.792 bits per heavy atom. The average Bonchev–Trinajstić information content (AvgIpc) is 2.70. The first-order valence-electron chi connectivity index (χ1n) is 8.92. The lowest BCUT2D eigenvalue weighted by Gasteiger charge is -2.31. The number of rotatable bonds is 3. The van der Waals surface area contributed by atoms with Crippen LogP contribution in [0.1, 0.15) is 19.3 Å². The van der Waals surface area contributed by atoms with Gasteiger partial charge in [-0.3, -0.25) is 0 Å². The summed E-state index contributed by atoms with van der Waals surface area (Å²) >= 11 is 0. The highest BCUT2D eigenvalue weighted by Gasteiger charge is 2.19. The molecular formula is C19H24N4O. The molecule has 4 rings (SSSR count). The van der Waals surface area contributed by atoms with Gasteiger partial charge >= 0.3 is 0 Å². The number of benzene rings is 1. The van der Waals surface area contributed by atoms with Crippen LogP contribution in [-0.2, 0) is 4.74 Å². The summed E-state index contributed by atoms with van der Waals surface area (Å²) in [6.45, 7) is 5.43. The van der Waals surface area contributed by atoms with E-state index in [0.29, 0.717) is 0 Å². The van der Waals surface area contributed by atoms with Gasteiger partial charge in [-0.25, -0.2) is 4.98 Å². The number of hydrogen-bond acceptors (Lipinski definition) is 5. The third-order valence-corrected chi connectivity index (χ3v) is 4.74. The number of anilines is 2. The Kier molecular flexibility index (Phi) is 4.60. The first-order valence-corrected chi connectivity index (χ1v) is 8.92. The Balaban J connectivity index is 1.72. The molecule has 0 amide bonds. The lowest BCUT2D eigenvalue weighted by atomic mass is 10.1. The van der Waals surface area contributed by atoms with Gasteiger partial charge in [0, 0.05) is 37.8 Å². The molecule has 5 nitrogen and oxygen atoms in total. The van der Waals surface area contributed by atoms with E-state index >= 15 is 0 Å². The van der Waals surface area contributed by atoms with Crippen molar-refractivity contribution in [1.29, 1.82) is 0 Å². The van der Waals surface area contributed by atoms with E-state index in [9.17, 15) is 0 Å². The van der Waals surface area contributed by atoms with Crippen LogP contribution in [0.4, 0.5) is 11.8 Å². The van der Waals surface area contributed by atoms with Crippen LogP contribution in [0.2, 0.25) is 0 Å². The monoisotopic (exact) mass is 324 g/mol. The van der Waals surface area contributed by atoms with Gasteiger partial charge in [-0.2, -0.15) is 4.98 Å². The van der Waals surface area contributed by atoms with E-state index in [1.54, 1.807) is 0 Å². The van der Waals surface area contributed by atoms with Crippen molar-refractivity contribution >= 4 is 11.8 Å². The number of hydrogen-bond donors (Lipinski definition) is 0. The van der Waals surface area contributed by atoms with E-state index in [1.165, 1.54) is 19.3 Å². The maximum Gasteiger partial charge on any atom is 0.227 e. The van der Waals surface area contributed by atoms with Crippen LogP contribution in [-0.4, -0.2) is 49.4 Å². The van der Waals surface area contributed by atoms with Gasteiger partial charge in [-0.15, -0.1) is 0 Å². The van der Waals surface area contributed by atoms with Gasteiger partial charge in [0.25, 0.3) is 0 Å². The highest BCUT2D eigenvalue weighted by atomic mass is 16.5. The van der Waals surface area contributed by atoms with E-state index in [4.69, 9.17) is 14.7 Å². The van der Waals surface area contributed by atoms with E-state index < -0.39 is 0 Å². The summed E-state index contributed by atoms with van der Waals surface area (Å²) in [5.74, 6) is 1.89. The molecule has 0 atom stereocenters. The molecule has 0 spiro atoms. The molecule has 0 unspecified atom stereocenters. The molecule has 2 saturated heterocycles. The molecule has 2 fully saturated rings. The van der Waals surface area contributed by atoms with Crippen LogP contribution in [0, 0.1) is 0 Å². The van der Waals surface area contributed by atoms with Crippen LogP contribution >= 0.6 is 0 Å². The summed E-state index contributed by atoms with van der Waals surface area (Å²) in [5, 5.41) is 0. The Bertz CT molecular complexity index is 628. The summed E-state index contributed by atoms with van der Waals surface area (Å²) in [5.41, 5.74) is 2.15. The molecule has 3 heterocycles. The zero-order valence-electron chi connectivity index (χ0n) is 14.0. The van der Waals surface area contributed by atoms with E-state index in [0.717, 1.165) is 62.4 Å². The van der Waals surface area contributed by atoms with Gasteiger partial charge in [0.15, 0.2) is 0 Å². The number of ether oxygens (including phenoxy) is 1. The number of aromatic nitrogens is 2. The Hall–Kier alpha value is -2.14. The third-order valence-electron chi connectivity index (χ3n) is 4.74. The second kappa shape index (κ2) is 7.18. The fourth-order valence-electron chi connectivity index (χ4n) is 3.37. The molecule has 2 aliphatic rings. The van der Waals surface area contributed by atoms with Crippen molar-refractivity contribution in [3.63, 3.8) is 0 Å². The minimum absolute atomic E-state index is 0.768. The van der Waals surface area contributed by atoms with Crippen LogP contribution < -0.4 is 9.80 Å². The Labute approximate surface area is 143 Å². The molecule has 0 bridgehead atoms. The molecule has 1 aromatic carbocycles. The average molecular weight is 324 g/mol. The van der Waals surface area contributed by atoms with E-state index in [2.05, 4.69) is 40.1 Å². The standard InChI is InChI=1S/C19H24N4O/c1-3-7-16(8-4-1)17-15-18(22-11-13-24-14-12-22)21-19(20-17)23-9-5-2-6-10-23/h1,3-4,7-8,15H,2,5-6,9-14H2. The van der Waals surface area contributed by atoms with Crippen LogP contribution in [0.5, 0.6) is 0 Å². The van der Waals surface area contributed by atoms with Gasteiger partial charge in [0.05, 0.1) is 18.9 Å². The van der Waals surface area contributed by atoms with E-state index in [-0.39, 0.29) is 0 Å². The second-order valence-electron chi connectivity index (χ2n) is 6.42. The fourth-order valence-corrected chi connectivity index (χ4v) is 3.37. The van der Waals surface area contributed by atoms with Crippen molar-refractivity contribution in [3.05, 3.63) is 36.4 Å². The topological polar surface area (TPSA) is 41.5 Å². The van der Waals surface area contributed by atoms with Gasteiger partial charge in [0.1, 0.15) is 5.82 Å². The van der Waals surface area contributed by atoms with Gasteiger partial charge in [0.2, 0.25) is 5.95 Å². The summed E-state index contributed by atoms with van der Waals surface area (Å²) in [6, 6.07) is 12.5. The minimum atomic E-state index is 0.768. The van der Waals surface area contributed by atoms with Crippen LogP contribution in [0.3, 0.4) is 0 Å². The minimum Gasteiger partial charge on any atom is -0.378 e. The summed E-state index contributed by atoms with van der Waals surface area (Å²) in [6.07, 6.45) is 3.77. The van der Waals surface area contributed by atoms with E-state index in [1.807, 2.05) is 6.07 Å². The van der Waals surface area contributed by atoms with Crippen molar-refractivity contribution in [3.8, 4) is 11.3 Å². The lowest BCUT2D eigenvalue weighted by Crippen LogP contribution is -2.37. The normalized spacial score (nSPS) is 18.7. The summed E-state index contributed by atoms with van der Waals surface area (Å²) in [4.78, 5) is 14.4. The highest BCUT2D eigenvalue weighted by molar-refractivity contribution is 5.65. The van der Waals surface area contributed by atoms with Gasteiger partial charge in [-0.05, 0) is 19.3 Å². The zero-order chi connectivity index (χ0) is 16.2. The highest BCUT2D eigenvalue weighted by Crippen LogP contribution is 2.26. The van der Waals surface area contributed by atoms with Crippen LogP contribution in [0.25, 0.3) is 11.3 Å². The van der Waals surface area contributed by atoms with Gasteiger partial charge < -0.3 is 14.5 Å². The first kappa shape index (κ1) is 15.4. The first-order chi connectivity index (χ1) is 11.9. The van der Waals surface area contributed by atoms with Crippen molar-refractivity contribution < 1.29 is 4.74 Å². The zero-order valence-corrected chi connectivity index (χ0v) is 14.0. The maximum atomic E-state index is 5.49.